The summed E-state index contributed by atoms with van der Waals surface area (Å²) in [7, 11) is 1.55. The average molecular weight is 287 g/mol. The van der Waals surface area contributed by atoms with Gasteiger partial charge in [0.1, 0.15) is 5.82 Å². The van der Waals surface area contributed by atoms with Crippen LogP contribution in [0.4, 0.5) is 13.2 Å². The van der Waals surface area contributed by atoms with E-state index in [4.69, 9.17) is 0 Å². The number of aryl methyl sites for hydroxylation is 1. The van der Waals surface area contributed by atoms with Crippen molar-refractivity contribution in [3.05, 3.63) is 30.4 Å². The number of rotatable bonds is 2. The maximum atomic E-state index is 12.7. The van der Waals surface area contributed by atoms with Crippen molar-refractivity contribution in [1.82, 2.24) is 14.5 Å². The number of amides is 1. The number of piperidine rings is 1. The van der Waals surface area contributed by atoms with Crippen LogP contribution in [0, 0.1) is 0 Å². The maximum absolute atomic E-state index is 12.7. The summed E-state index contributed by atoms with van der Waals surface area (Å²) in [6.07, 6.45) is -0.756. The van der Waals surface area contributed by atoms with Crippen LogP contribution in [0.15, 0.2) is 18.9 Å². The first-order chi connectivity index (χ1) is 9.32. The summed E-state index contributed by atoms with van der Waals surface area (Å²) in [5.74, 6) is 0.00703. The van der Waals surface area contributed by atoms with Crippen LogP contribution in [0.3, 0.4) is 0 Å². The summed E-state index contributed by atoms with van der Waals surface area (Å²) < 4.78 is 39.4. The molecule has 110 valence electrons. The first-order valence-electron chi connectivity index (χ1n) is 6.34. The highest BCUT2D eigenvalue weighted by molar-refractivity contribution is 5.87. The molecular formula is C13H16F3N3O. The fourth-order valence-electron chi connectivity index (χ4n) is 2.51. The van der Waals surface area contributed by atoms with Crippen molar-refractivity contribution in [2.45, 2.75) is 24.9 Å². The number of hydrogen-bond donors (Lipinski definition) is 0. The largest absolute Gasteiger partial charge is 0.434 e. The molecule has 1 aromatic rings. The molecule has 1 aliphatic rings. The van der Waals surface area contributed by atoms with Crippen LogP contribution in [0.25, 0.3) is 0 Å². The highest BCUT2D eigenvalue weighted by atomic mass is 19.4. The van der Waals surface area contributed by atoms with Gasteiger partial charge >= 0.3 is 6.18 Å². The Hall–Kier alpha value is -1.79. The molecule has 2 rings (SSSR count). The van der Waals surface area contributed by atoms with E-state index in [2.05, 4.69) is 11.6 Å². The van der Waals surface area contributed by atoms with Gasteiger partial charge in [0, 0.05) is 32.3 Å². The van der Waals surface area contributed by atoms with Gasteiger partial charge in [0.05, 0.1) is 0 Å². The van der Waals surface area contributed by atoms with Crippen molar-refractivity contribution < 1.29 is 18.0 Å². The highest BCUT2D eigenvalue weighted by Crippen LogP contribution is 2.32. The summed E-state index contributed by atoms with van der Waals surface area (Å²) in [6, 6.07) is 0. The lowest BCUT2D eigenvalue weighted by Gasteiger charge is -2.31. The number of imidazole rings is 1. The van der Waals surface area contributed by atoms with Gasteiger partial charge in [-0.15, -0.1) is 0 Å². The molecule has 1 aliphatic heterocycles. The first kappa shape index (κ1) is 14.6. The second-order valence-corrected chi connectivity index (χ2v) is 4.92. The Morgan fingerprint density at radius 3 is 2.80 bits per heavy atom. The van der Waals surface area contributed by atoms with Crippen LogP contribution < -0.4 is 0 Å². The second-order valence-electron chi connectivity index (χ2n) is 4.92. The minimum atomic E-state index is -4.44. The van der Waals surface area contributed by atoms with E-state index >= 15 is 0 Å². The van der Waals surface area contributed by atoms with Gasteiger partial charge in [-0.3, -0.25) is 4.79 Å². The molecule has 20 heavy (non-hydrogen) atoms. The van der Waals surface area contributed by atoms with E-state index in [-0.39, 0.29) is 11.8 Å². The van der Waals surface area contributed by atoms with Crippen LogP contribution in [0.5, 0.6) is 0 Å². The molecule has 1 saturated heterocycles. The normalized spacial score (nSPS) is 20.0. The zero-order chi connectivity index (χ0) is 14.9. The van der Waals surface area contributed by atoms with Gasteiger partial charge in [0.15, 0.2) is 5.69 Å². The van der Waals surface area contributed by atoms with Gasteiger partial charge in [0.25, 0.3) is 0 Å². The molecule has 4 nitrogen and oxygen atoms in total. The van der Waals surface area contributed by atoms with Gasteiger partial charge in [-0.1, -0.05) is 6.58 Å². The molecule has 0 aliphatic carbocycles. The first-order valence-corrected chi connectivity index (χ1v) is 6.34. The van der Waals surface area contributed by atoms with Crippen LogP contribution in [-0.2, 0) is 18.0 Å². The molecule has 1 amide bonds. The third-order valence-corrected chi connectivity index (χ3v) is 3.48. The second kappa shape index (κ2) is 5.30. The van der Waals surface area contributed by atoms with E-state index < -0.39 is 11.9 Å². The third-order valence-electron chi connectivity index (χ3n) is 3.48. The molecule has 0 N–H and O–H groups in total. The van der Waals surface area contributed by atoms with Crippen LogP contribution in [-0.4, -0.2) is 33.4 Å². The van der Waals surface area contributed by atoms with Gasteiger partial charge < -0.3 is 9.47 Å². The summed E-state index contributed by atoms with van der Waals surface area (Å²) >= 11 is 0. The Labute approximate surface area is 114 Å². The molecule has 1 fully saturated rings. The summed E-state index contributed by atoms with van der Waals surface area (Å²) in [5.41, 5.74) is -0.887. The van der Waals surface area contributed by atoms with E-state index in [0.29, 0.717) is 18.9 Å². The molecule has 0 aromatic carbocycles. The Kier molecular flexibility index (Phi) is 3.87. The molecule has 0 unspecified atom stereocenters. The lowest BCUT2D eigenvalue weighted by Crippen LogP contribution is -2.38. The van der Waals surface area contributed by atoms with E-state index in [1.807, 2.05) is 0 Å². The number of halogens is 3. The quantitative estimate of drug-likeness (QED) is 0.783. The lowest BCUT2D eigenvalue weighted by molar-refractivity contribution is -0.141. The zero-order valence-electron chi connectivity index (χ0n) is 11.2. The topological polar surface area (TPSA) is 38.1 Å². The van der Waals surface area contributed by atoms with Crippen LogP contribution >= 0.6 is 0 Å². The Balaban J connectivity index is 2.21. The molecule has 0 radical (unpaired) electrons. The summed E-state index contributed by atoms with van der Waals surface area (Å²) in [4.78, 5) is 16.9. The zero-order valence-corrected chi connectivity index (χ0v) is 11.2. The van der Waals surface area contributed by atoms with Crippen molar-refractivity contribution in [3.8, 4) is 0 Å². The third kappa shape index (κ3) is 2.86. The number of alkyl halides is 3. The summed E-state index contributed by atoms with van der Waals surface area (Å²) in [5, 5.41) is 0. The van der Waals surface area contributed by atoms with E-state index in [1.165, 1.54) is 10.6 Å². The Morgan fingerprint density at radius 1 is 1.55 bits per heavy atom. The lowest BCUT2D eigenvalue weighted by atomic mass is 9.97. The van der Waals surface area contributed by atoms with E-state index in [1.54, 1.807) is 11.9 Å². The maximum Gasteiger partial charge on any atom is 0.434 e. The minimum absolute atomic E-state index is 0.172. The van der Waals surface area contributed by atoms with Crippen molar-refractivity contribution in [2.24, 2.45) is 7.05 Å². The molecule has 0 saturated carbocycles. The molecule has 0 bridgehead atoms. The Bertz CT molecular complexity index is 521. The van der Waals surface area contributed by atoms with Crippen LogP contribution in [0.2, 0.25) is 0 Å². The number of carbonyl (C=O) groups excluding carboxylic acids is 1. The summed E-state index contributed by atoms with van der Waals surface area (Å²) in [6.45, 7) is 4.42. The van der Waals surface area contributed by atoms with Gasteiger partial charge in [0.2, 0.25) is 5.91 Å². The number of aromatic nitrogens is 2. The van der Waals surface area contributed by atoms with Gasteiger partial charge in [-0.25, -0.2) is 4.98 Å². The number of carbonyl (C=O) groups is 1. The SMILES string of the molecule is C=CC(=O)N1CCC[C@@H](c2nc(C(F)(F)F)cn2C)C1. The smallest absolute Gasteiger partial charge is 0.338 e. The molecule has 1 atom stereocenters. The number of hydrogen-bond acceptors (Lipinski definition) is 2. The monoisotopic (exact) mass is 287 g/mol. The highest BCUT2D eigenvalue weighted by Gasteiger charge is 2.36. The number of nitrogens with zero attached hydrogens (tertiary/aromatic N) is 3. The van der Waals surface area contributed by atoms with Crippen LogP contribution in [0.1, 0.15) is 30.3 Å². The van der Waals surface area contributed by atoms with Gasteiger partial charge in [-0.05, 0) is 18.9 Å². The van der Waals surface area contributed by atoms with E-state index in [0.717, 1.165) is 19.0 Å². The molecule has 2 heterocycles. The number of likely N-dealkylation sites (tertiary alicyclic amines) is 1. The molecular weight excluding hydrogens is 271 g/mol. The van der Waals surface area contributed by atoms with Crippen molar-refractivity contribution in [2.75, 3.05) is 13.1 Å². The fourth-order valence-corrected chi connectivity index (χ4v) is 2.51. The minimum Gasteiger partial charge on any atom is -0.338 e. The van der Waals surface area contributed by atoms with Crippen molar-refractivity contribution in [1.29, 1.82) is 0 Å². The van der Waals surface area contributed by atoms with Gasteiger partial charge in [-0.2, -0.15) is 13.2 Å². The molecule has 0 spiro atoms. The average Bonchev–Trinajstić information content (AvgIpc) is 2.80. The molecule has 7 heteroatoms. The van der Waals surface area contributed by atoms with E-state index in [9.17, 15) is 18.0 Å². The predicted octanol–water partition coefficient (Wildman–Crippen LogP) is 2.33. The Morgan fingerprint density at radius 2 is 2.25 bits per heavy atom. The molecule has 1 aromatic heterocycles. The predicted molar refractivity (Wildman–Crippen MR) is 67.0 cm³/mol. The standard InChI is InChI=1S/C13H16F3N3O/c1-3-11(20)19-6-4-5-9(7-19)12-17-10(8-18(12)2)13(14,15)16/h3,8-9H,1,4-7H2,2H3/t9-/m1/s1. The van der Waals surface area contributed by atoms with Crippen molar-refractivity contribution >= 4 is 5.91 Å². The fraction of sp³-hybridized carbons (Fsp3) is 0.538. The van der Waals surface area contributed by atoms with Crippen molar-refractivity contribution in [3.63, 3.8) is 0 Å².